The topological polar surface area (TPSA) is 12.0 Å². The minimum absolute atomic E-state index is 0.332. The highest BCUT2D eigenvalue weighted by Gasteiger charge is 1.89. The van der Waals surface area contributed by atoms with Crippen molar-refractivity contribution < 1.29 is 4.39 Å². The van der Waals surface area contributed by atoms with Crippen LogP contribution < -0.4 is 5.32 Å². The number of nitrogens with one attached hydrogen (secondary N) is 1. The van der Waals surface area contributed by atoms with Gasteiger partial charge in [0.2, 0.25) is 0 Å². The third kappa shape index (κ3) is 1.42. The van der Waals surface area contributed by atoms with E-state index in [1.165, 1.54) is 6.07 Å². The van der Waals surface area contributed by atoms with Gasteiger partial charge in [-0.2, -0.15) is 0 Å². The first kappa shape index (κ1) is 6.08. The number of rotatable bonds is 1. The molecule has 0 bridgehead atoms. The van der Waals surface area contributed by atoms with E-state index in [1.807, 2.05) is 0 Å². The fourth-order valence-corrected chi connectivity index (χ4v) is 0.587. The lowest BCUT2D eigenvalue weighted by Gasteiger charge is -1.95. The molecule has 0 aromatic heterocycles. The van der Waals surface area contributed by atoms with Gasteiger partial charge in [0.15, 0.2) is 0 Å². The zero-order chi connectivity index (χ0) is 6.69. The first-order chi connectivity index (χ1) is 4.33. The molecule has 0 aliphatic heterocycles. The molecule has 0 saturated heterocycles. The lowest BCUT2D eigenvalue weighted by molar-refractivity contribution is 0.626. The summed E-state index contributed by atoms with van der Waals surface area (Å²) < 4.78 is 12.3. The van der Waals surface area contributed by atoms with Crippen molar-refractivity contribution in [2.45, 2.75) is 0 Å². The highest BCUT2D eigenvalue weighted by atomic mass is 19.1. The van der Waals surface area contributed by atoms with Gasteiger partial charge in [-0.05, 0) is 12.1 Å². The van der Waals surface area contributed by atoms with Crippen LogP contribution in [-0.4, -0.2) is 7.05 Å². The third-order valence-corrected chi connectivity index (χ3v) is 1.03. The van der Waals surface area contributed by atoms with Gasteiger partial charge < -0.3 is 5.32 Å². The molecule has 1 aromatic carbocycles. The van der Waals surface area contributed by atoms with Crippen LogP contribution in [0.2, 0.25) is 0 Å². The van der Waals surface area contributed by atoms with Gasteiger partial charge in [0, 0.05) is 18.8 Å². The van der Waals surface area contributed by atoms with Crippen molar-refractivity contribution in [3.05, 3.63) is 30.1 Å². The van der Waals surface area contributed by atoms with Gasteiger partial charge in [0.25, 0.3) is 0 Å². The predicted octanol–water partition coefficient (Wildman–Crippen LogP) is 1.67. The normalized spacial score (nSPS) is 9.11. The second-order valence-corrected chi connectivity index (χ2v) is 1.66. The SMILES string of the molecule is CNc1[c]c(F)ccc1. The Labute approximate surface area is 53.5 Å². The monoisotopic (exact) mass is 124 g/mol. The van der Waals surface area contributed by atoms with E-state index in [1.54, 1.807) is 19.2 Å². The molecule has 1 rings (SSSR count). The molecular formula is C7H7FN. The van der Waals surface area contributed by atoms with E-state index < -0.39 is 0 Å². The first-order valence-electron chi connectivity index (χ1n) is 2.68. The van der Waals surface area contributed by atoms with E-state index in [2.05, 4.69) is 11.4 Å². The van der Waals surface area contributed by atoms with Gasteiger partial charge in [0.1, 0.15) is 5.82 Å². The summed E-state index contributed by atoms with van der Waals surface area (Å²) in [6, 6.07) is 7.23. The van der Waals surface area contributed by atoms with Crippen molar-refractivity contribution in [2.24, 2.45) is 0 Å². The van der Waals surface area contributed by atoms with E-state index in [-0.39, 0.29) is 5.82 Å². The van der Waals surface area contributed by atoms with Crippen molar-refractivity contribution in [1.29, 1.82) is 0 Å². The summed E-state index contributed by atoms with van der Waals surface area (Å²) in [6.07, 6.45) is 0. The van der Waals surface area contributed by atoms with Gasteiger partial charge in [0.05, 0.1) is 0 Å². The van der Waals surface area contributed by atoms with E-state index in [4.69, 9.17) is 0 Å². The summed E-state index contributed by atoms with van der Waals surface area (Å²) in [5.74, 6) is -0.332. The van der Waals surface area contributed by atoms with Crippen molar-refractivity contribution in [3.63, 3.8) is 0 Å². The summed E-state index contributed by atoms with van der Waals surface area (Å²) in [7, 11) is 1.73. The molecule has 0 aliphatic rings. The maximum atomic E-state index is 12.3. The van der Waals surface area contributed by atoms with Crippen LogP contribution in [0.4, 0.5) is 10.1 Å². The van der Waals surface area contributed by atoms with Crippen LogP contribution >= 0.6 is 0 Å². The summed E-state index contributed by atoms with van der Waals surface area (Å²) in [4.78, 5) is 0. The second kappa shape index (κ2) is 2.49. The highest BCUT2D eigenvalue weighted by Crippen LogP contribution is 2.05. The van der Waals surface area contributed by atoms with Crippen LogP contribution in [0.3, 0.4) is 0 Å². The molecule has 1 nitrogen and oxygen atoms in total. The standard InChI is InChI=1S/C7H7FN/c1-9-7-4-2-3-6(8)5-7/h2-4,9H,1H3. The molecule has 9 heavy (non-hydrogen) atoms. The fraction of sp³-hybridized carbons (Fsp3) is 0.143. The van der Waals surface area contributed by atoms with Gasteiger partial charge in [-0.15, -0.1) is 0 Å². The molecule has 0 aliphatic carbocycles. The molecular weight excluding hydrogens is 117 g/mol. The summed E-state index contributed by atoms with van der Waals surface area (Å²) in [5, 5.41) is 2.77. The fourth-order valence-electron chi connectivity index (χ4n) is 0.587. The molecule has 0 unspecified atom stereocenters. The Morgan fingerprint density at radius 3 is 2.78 bits per heavy atom. The number of halogens is 1. The van der Waals surface area contributed by atoms with Crippen LogP contribution in [0.5, 0.6) is 0 Å². The molecule has 0 amide bonds. The maximum Gasteiger partial charge on any atom is 0.133 e. The molecule has 1 aromatic rings. The number of anilines is 1. The summed E-state index contributed by atoms with van der Waals surface area (Å²) in [6.45, 7) is 0. The largest absolute Gasteiger partial charge is 0.388 e. The van der Waals surface area contributed by atoms with Crippen molar-refractivity contribution in [3.8, 4) is 0 Å². The van der Waals surface area contributed by atoms with E-state index in [9.17, 15) is 4.39 Å². The van der Waals surface area contributed by atoms with E-state index >= 15 is 0 Å². The van der Waals surface area contributed by atoms with Gasteiger partial charge in [-0.1, -0.05) is 6.07 Å². The zero-order valence-electron chi connectivity index (χ0n) is 5.11. The number of hydrogen-bond donors (Lipinski definition) is 1. The van der Waals surface area contributed by atoms with Gasteiger partial charge in [-0.3, -0.25) is 0 Å². The maximum absolute atomic E-state index is 12.3. The molecule has 2 heteroatoms. The van der Waals surface area contributed by atoms with Crippen LogP contribution in [0, 0.1) is 11.9 Å². The van der Waals surface area contributed by atoms with Gasteiger partial charge >= 0.3 is 0 Å². The van der Waals surface area contributed by atoms with Crippen LogP contribution in [0.15, 0.2) is 18.2 Å². The molecule has 0 saturated carbocycles. The van der Waals surface area contributed by atoms with Crippen LogP contribution in [-0.2, 0) is 0 Å². The molecule has 0 spiro atoms. The molecule has 0 fully saturated rings. The van der Waals surface area contributed by atoms with E-state index in [0.29, 0.717) is 5.69 Å². The predicted molar refractivity (Wildman–Crippen MR) is 34.8 cm³/mol. The average molecular weight is 124 g/mol. The molecule has 1 radical (unpaired) electrons. The average Bonchev–Trinajstić information content (AvgIpc) is 1.88. The first-order valence-corrected chi connectivity index (χ1v) is 2.68. The minimum Gasteiger partial charge on any atom is -0.388 e. The molecule has 47 valence electrons. The second-order valence-electron chi connectivity index (χ2n) is 1.66. The Bertz CT molecular complexity index is 198. The Kier molecular flexibility index (Phi) is 1.68. The zero-order valence-corrected chi connectivity index (χ0v) is 5.11. The summed E-state index contributed by atoms with van der Waals surface area (Å²) >= 11 is 0. The number of benzene rings is 1. The Hall–Kier alpha value is -1.05. The molecule has 0 heterocycles. The number of hydrogen-bond acceptors (Lipinski definition) is 1. The lowest BCUT2D eigenvalue weighted by Crippen LogP contribution is -1.87. The molecule has 1 N–H and O–H groups in total. The van der Waals surface area contributed by atoms with Gasteiger partial charge in [-0.25, -0.2) is 4.39 Å². The lowest BCUT2D eigenvalue weighted by atomic mass is 10.3. The molecule has 0 atom stereocenters. The quantitative estimate of drug-likeness (QED) is 0.600. The summed E-state index contributed by atoms with van der Waals surface area (Å²) in [5.41, 5.74) is 0.676. The Morgan fingerprint density at radius 2 is 2.33 bits per heavy atom. The minimum atomic E-state index is -0.332. The van der Waals surface area contributed by atoms with Crippen LogP contribution in [0.25, 0.3) is 0 Å². The van der Waals surface area contributed by atoms with Crippen molar-refractivity contribution >= 4 is 5.69 Å². The Balaban J connectivity index is 2.94. The van der Waals surface area contributed by atoms with Crippen molar-refractivity contribution in [1.82, 2.24) is 0 Å². The van der Waals surface area contributed by atoms with Crippen molar-refractivity contribution in [2.75, 3.05) is 12.4 Å². The van der Waals surface area contributed by atoms with Crippen LogP contribution in [0.1, 0.15) is 0 Å². The van der Waals surface area contributed by atoms with E-state index in [0.717, 1.165) is 0 Å². The Morgan fingerprint density at radius 1 is 1.56 bits per heavy atom. The highest BCUT2D eigenvalue weighted by molar-refractivity contribution is 5.40. The smallest absolute Gasteiger partial charge is 0.133 e. The third-order valence-electron chi connectivity index (χ3n) is 1.03.